The maximum atomic E-state index is 5.46. The first-order chi connectivity index (χ1) is 27.0. The van der Waals surface area contributed by atoms with Crippen LogP contribution >= 0.6 is 0 Å². The summed E-state index contributed by atoms with van der Waals surface area (Å²) in [5.41, 5.74) is 12.3. The average molecular weight is 701 g/mol. The summed E-state index contributed by atoms with van der Waals surface area (Å²) in [6, 6.07) is 65.9. The van der Waals surface area contributed by atoms with Crippen molar-refractivity contribution in [3.05, 3.63) is 193 Å². The maximum absolute atomic E-state index is 5.46. The molecule has 1 aromatic heterocycles. The number of aromatic nitrogens is 2. The van der Waals surface area contributed by atoms with Crippen LogP contribution in [0.4, 0.5) is 0 Å². The first-order valence-electron chi connectivity index (χ1n) is 19.1. The number of hydrogen-bond donors (Lipinski definition) is 0. The van der Waals surface area contributed by atoms with Gasteiger partial charge in [0.05, 0.1) is 11.4 Å². The first kappa shape index (κ1) is 31.6. The summed E-state index contributed by atoms with van der Waals surface area (Å²) in [6.45, 7) is 4.63. The van der Waals surface area contributed by atoms with Crippen molar-refractivity contribution in [2.75, 3.05) is 0 Å². The van der Waals surface area contributed by atoms with E-state index in [1.165, 1.54) is 70.9 Å². The molecule has 0 aliphatic heterocycles. The highest BCUT2D eigenvalue weighted by molar-refractivity contribution is 6.25. The summed E-state index contributed by atoms with van der Waals surface area (Å²) in [7, 11) is 0. The Morgan fingerprint density at radius 2 is 0.836 bits per heavy atom. The summed E-state index contributed by atoms with van der Waals surface area (Å²) in [6.07, 6.45) is 0. The second-order valence-electron chi connectivity index (χ2n) is 15.3. The minimum Gasteiger partial charge on any atom is -0.228 e. The molecule has 11 rings (SSSR count). The Bertz CT molecular complexity index is 3140. The predicted molar refractivity (Wildman–Crippen MR) is 231 cm³/mol. The summed E-state index contributed by atoms with van der Waals surface area (Å²) in [5.74, 6) is 0.737. The van der Waals surface area contributed by atoms with Crippen molar-refractivity contribution in [2.24, 2.45) is 0 Å². The SMILES string of the molecule is CC1(C)c2ccc3ccccc3c2-c2nc(-c3cccc(-c4cccc(-c5ccc6c7ccccc7c7ccccc7c6c5)c4)c3)nc(-c3ccccc3)c21. The molecule has 0 fully saturated rings. The van der Waals surface area contributed by atoms with Gasteiger partial charge in [0.25, 0.3) is 0 Å². The summed E-state index contributed by atoms with van der Waals surface area (Å²) in [4.78, 5) is 10.9. The summed E-state index contributed by atoms with van der Waals surface area (Å²) in [5, 5.41) is 10.2. The highest BCUT2D eigenvalue weighted by atomic mass is 14.9. The highest BCUT2D eigenvalue weighted by Gasteiger charge is 2.41. The van der Waals surface area contributed by atoms with Gasteiger partial charge in [0, 0.05) is 27.7 Å². The Kier molecular flexibility index (Phi) is 6.93. The second-order valence-corrected chi connectivity index (χ2v) is 15.3. The Morgan fingerprint density at radius 1 is 0.345 bits per heavy atom. The van der Waals surface area contributed by atoms with Crippen molar-refractivity contribution in [1.82, 2.24) is 9.97 Å². The van der Waals surface area contributed by atoms with E-state index in [0.717, 1.165) is 39.5 Å². The molecule has 0 bridgehead atoms. The third-order valence-corrected chi connectivity index (χ3v) is 11.8. The molecule has 2 heteroatoms. The van der Waals surface area contributed by atoms with Crippen LogP contribution in [-0.4, -0.2) is 9.97 Å². The minimum absolute atomic E-state index is 0.261. The van der Waals surface area contributed by atoms with E-state index < -0.39 is 0 Å². The molecule has 0 amide bonds. The quantitative estimate of drug-likeness (QED) is 0.171. The fraction of sp³-hybridized carbons (Fsp3) is 0.0566. The van der Waals surface area contributed by atoms with Gasteiger partial charge >= 0.3 is 0 Å². The van der Waals surface area contributed by atoms with Crippen LogP contribution in [-0.2, 0) is 5.41 Å². The minimum atomic E-state index is -0.261. The van der Waals surface area contributed by atoms with Gasteiger partial charge in [0.1, 0.15) is 0 Å². The van der Waals surface area contributed by atoms with Crippen LogP contribution in [0.3, 0.4) is 0 Å². The van der Waals surface area contributed by atoms with E-state index in [1.54, 1.807) is 0 Å². The summed E-state index contributed by atoms with van der Waals surface area (Å²) >= 11 is 0. The number of hydrogen-bond acceptors (Lipinski definition) is 2. The monoisotopic (exact) mass is 700 g/mol. The second kappa shape index (κ2) is 12.1. The zero-order chi connectivity index (χ0) is 36.7. The van der Waals surface area contributed by atoms with Gasteiger partial charge in [-0.2, -0.15) is 0 Å². The number of fused-ring (bicyclic) bond motifs is 11. The van der Waals surface area contributed by atoms with Gasteiger partial charge in [0.2, 0.25) is 0 Å². The third kappa shape index (κ3) is 4.88. The van der Waals surface area contributed by atoms with Gasteiger partial charge < -0.3 is 0 Å². The third-order valence-electron chi connectivity index (χ3n) is 11.8. The molecule has 0 saturated carbocycles. The van der Waals surface area contributed by atoms with Gasteiger partial charge in [0.15, 0.2) is 5.82 Å². The van der Waals surface area contributed by atoms with Crippen molar-refractivity contribution in [2.45, 2.75) is 19.3 Å². The van der Waals surface area contributed by atoms with Crippen LogP contribution in [0.5, 0.6) is 0 Å². The fourth-order valence-corrected chi connectivity index (χ4v) is 9.15. The normalized spacial score (nSPS) is 13.1. The Morgan fingerprint density at radius 3 is 1.51 bits per heavy atom. The molecule has 0 N–H and O–H groups in total. The Hall–Kier alpha value is -6.90. The first-order valence-corrected chi connectivity index (χ1v) is 19.1. The van der Waals surface area contributed by atoms with Gasteiger partial charge in [-0.25, -0.2) is 9.97 Å². The number of nitrogens with zero attached hydrogens (tertiary/aromatic N) is 2. The lowest BCUT2D eigenvalue weighted by molar-refractivity contribution is 0.658. The molecule has 1 aliphatic carbocycles. The van der Waals surface area contributed by atoms with Crippen LogP contribution in [0, 0.1) is 0 Å². The van der Waals surface area contributed by atoms with E-state index in [1.807, 2.05) is 0 Å². The van der Waals surface area contributed by atoms with E-state index in [0.29, 0.717) is 0 Å². The number of benzene rings is 9. The van der Waals surface area contributed by atoms with Crippen molar-refractivity contribution < 1.29 is 0 Å². The van der Waals surface area contributed by atoms with Gasteiger partial charge in [-0.1, -0.05) is 178 Å². The molecule has 0 atom stereocenters. The fourth-order valence-electron chi connectivity index (χ4n) is 9.15. The van der Waals surface area contributed by atoms with Crippen molar-refractivity contribution >= 4 is 43.1 Å². The van der Waals surface area contributed by atoms with E-state index in [4.69, 9.17) is 9.97 Å². The highest BCUT2D eigenvalue weighted by Crippen LogP contribution is 2.53. The lowest BCUT2D eigenvalue weighted by atomic mass is 9.80. The van der Waals surface area contributed by atoms with E-state index in [2.05, 4.69) is 196 Å². The molecule has 0 saturated heterocycles. The zero-order valence-electron chi connectivity index (χ0n) is 30.7. The molecule has 0 unspecified atom stereocenters. The standard InChI is InChI=1S/C53H36N2/c1-53(2)47-29-27-33-14-6-7-21-40(33)48(47)51-49(53)50(34-15-4-3-5-16-34)54-52(55-51)39-20-13-19-37(31-39)35-17-12-18-36(30-35)38-26-28-45-43-24-9-8-22-41(43)42-23-10-11-25-44(42)46(45)32-38/h3-32H,1-2H3. The van der Waals surface area contributed by atoms with Gasteiger partial charge in [-0.3, -0.25) is 0 Å². The lowest BCUT2D eigenvalue weighted by Gasteiger charge is -2.24. The van der Waals surface area contributed by atoms with Gasteiger partial charge in [-0.15, -0.1) is 0 Å². The van der Waals surface area contributed by atoms with Crippen LogP contribution < -0.4 is 0 Å². The molecule has 1 aliphatic rings. The van der Waals surface area contributed by atoms with Crippen LogP contribution in [0.2, 0.25) is 0 Å². The molecular formula is C53H36N2. The largest absolute Gasteiger partial charge is 0.228 e. The molecule has 10 aromatic rings. The van der Waals surface area contributed by atoms with E-state index in [-0.39, 0.29) is 5.41 Å². The van der Waals surface area contributed by atoms with Gasteiger partial charge in [-0.05, 0) is 89.1 Å². The molecule has 258 valence electrons. The Balaban J connectivity index is 1.05. The topological polar surface area (TPSA) is 25.8 Å². The maximum Gasteiger partial charge on any atom is 0.160 e. The van der Waals surface area contributed by atoms with Crippen LogP contribution in [0.1, 0.15) is 25.0 Å². The van der Waals surface area contributed by atoms with E-state index >= 15 is 0 Å². The molecule has 9 aromatic carbocycles. The number of rotatable bonds is 4. The molecule has 1 heterocycles. The summed E-state index contributed by atoms with van der Waals surface area (Å²) < 4.78 is 0. The molecule has 0 radical (unpaired) electrons. The van der Waals surface area contributed by atoms with Crippen LogP contribution in [0.15, 0.2) is 182 Å². The van der Waals surface area contributed by atoms with Crippen LogP contribution in [0.25, 0.3) is 99.2 Å². The average Bonchev–Trinajstić information content (AvgIpc) is 3.49. The smallest absolute Gasteiger partial charge is 0.160 e. The van der Waals surface area contributed by atoms with Crippen molar-refractivity contribution in [3.8, 4) is 56.2 Å². The molecule has 55 heavy (non-hydrogen) atoms. The predicted octanol–water partition coefficient (Wildman–Crippen LogP) is 14.1. The van der Waals surface area contributed by atoms with Crippen molar-refractivity contribution in [1.29, 1.82) is 0 Å². The zero-order valence-corrected chi connectivity index (χ0v) is 30.7. The Labute approximate surface area is 320 Å². The molecule has 0 spiro atoms. The molecular weight excluding hydrogens is 665 g/mol. The van der Waals surface area contributed by atoms with Crippen molar-refractivity contribution in [3.63, 3.8) is 0 Å². The van der Waals surface area contributed by atoms with E-state index in [9.17, 15) is 0 Å². The molecule has 2 nitrogen and oxygen atoms in total. The lowest BCUT2D eigenvalue weighted by Crippen LogP contribution is -2.17.